The van der Waals surface area contributed by atoms with E-state index in [1.54, 1.807) is 13.1 Å². The summed E-state index contributed by atoms with van der Waals surface area (Å²) in [6.45, 7) is 1.05. The first-order valence-electron chi connectivity index (χ1n) is 5.96. The molecule has 0 spiro atoms. The number of likely N-dealkylation sites (N-methyl/N-ethyl adjacent to an activating group) is 1. The second-order valence-electron chi connectivity index (χ2n) is 4.33. The van der Waals surface area contributed by atoms with Crippen LogP contribution in [0.5, 0.6) is 0 Å². The quantitative estimate of drug-likeness (QED) is 0.638. The van der Waals surface area contributed by atoms with Crippen LogP contribution in [0.4, 0.5) is 5.69 Å². The lowest BCUT2D eigenvalue weighted by Gasteiger charge is -2.21. The average molecular weight is 251 g/mol. The Morgan fingerprint density at radius 3 is 2.78 bits per heavy atom. The molecule has 0 heterocycles. The van der Waals surface area contributed by atoms with Gasteiger partial charge in [-0.3, -0.25) is 4.79 Å². The number of aliphatic hydroxyl groups excluding tert-OH is 1. The molecule has 1 amide bonds. The number of anilines is 1. The van der Waals surface area contributed by atoms with E-state index in [9.17, 15) is 9.90 Å². The Kier molecular flexibility index (Phi) is 5.61. The highest BCUT2D eigenvalue weighted by atomic mass is 16.3. The van der Waals surface area contributed by atoms with Gasteiger partial charge >= 0.3 is 0 Å². The molecule has 1 rings (SSSR count). The van der Waals surface area contributed by atoms with Crippen molar-refractivity contribution in [1.82, 2.24) is 10.2 Å². The normalized spacial score (nSPS) is 12.4. The molecule has 1 aromatic rings. The highest BCUT2D eigenvalue weighted by molar-refractivity contribution is 5.75. The number of rotatable bonds is 6. The van der Waals surface area contributed by atoms with Gasteiger partial charge in [0, 0.05) is 37.8 Å². The van der Waals surface area contributed by atoms with Crippen LogP contribution in [-0.2, 0) is 4.79 Å². The summed E-state index contributed by atoms with van der Waals surface area (Å²) in [5.74, 6) is -0.00411. The van der Waals surface area contributed by atoms with Crippen LogP contribution in [0.1, 0.15) is 18.1 Å². The molecule has 1 atom stereocenters. The van der Waals surface area contributed by atoms with Gasteiger partial charge in [-0.1, -0.05) is 18.2 Å². The Hall–Kier alpha value is -1.59. The number of nitrogens with one attached hydrogen (secondary N) is 1. The van der Waals surface area contributed by atoms with E-state index in [1.807, 2.05) is 30.1 Å². The third kappa shape index (κ3) is 4.35. The molecule has 18 heavy (non-hydrogen) atoms. The van der Waals surface area contributed by atoms with Crippen molar-refractivity contribution < 1.29 is 9.90 Å². The van der Waals surface area contributed by atoms with Crippen LogP contribution < -0.4 is 11.1 Å². The Morgan fingerprint density at radius 1 is 1.50 bits per heavy atom. The predicted octanol–water partition coefficient (Wildman–Crippen LogP) is 0.370. The number of para-hydroxylation sites is 1. The van der Waals surface area contributed by atoms with Gasteiger partial charge in [0.15, 0.2) is 0 Å². The van der Waals surface area contributed by atoms with Crippen LogP contribution in [0.15, 0.2) is 24.3 Å². The maximum absolute atomic E-state index is 11.1. The summed E-state index contributed by atoms with van der Waals surface area (Å²) in [4.78, 5) is 13.0. The first-order valence-corrected chi connectivity index (χ1v) is 5.96. The Labute approximate surface area is 108 Å². The maximum Gasteiger partial charge on any atom is 0.221 e. The summed E-state index contributed by atoms with van der Waals surface area (Å²) >= 11 is 0. The zero-order valence-corrected chi connectivity index (χ0v) is 10.9. The van der Waals surface area contributed by atoms with Crippen molar-refractivity contribution in [2.45, 2.75) is 12.5 Å². The molecule has 0 aromatic heterocycles. The fourth-order valence-electron chi connectivity index (χ4n) is 1.72. The number of amides is 1. The van der Waals surface area contributed by atoms with Crippen molar-refractivity contribution in [3.8, 4) is 0 Å². The number of benzene rings is 1. The zero-order valence-electron chi connectivity index (χ0n) is 10.9. The molecule has 5 heteroatoms. The molecule has 0 fully saturated rings. The molecule has 1 aromatic carbocycles. The van der Waals surface area contributed by atoms with Gasteiger partial charge in [-0.05, 0) is 13.1 Å². The minimum Gasteiger partial charge on any atom is -0.398 e. The minimum absolute atomic E-state index is 0.00411. The molecule has 4 N–H and O–H groups in total. The monoisotopic (exact) mass is 251 g/mol. The fraction of sp³-hybridized carbons (Fsp3) is 0.462. The number of hydrogen-bond donors (Lipinski definition) is 3. The zero-order chi connectivity index (χ0) is 13.5. The van der Waals surface area contributed by atoms with Crippen molar-refractivity contribution in [1.29, 1.82) is 0 Å². The number of carbonyl (C=O) groups excluding carboxylic acids is 1. The number of nitrogen functional groups attached to an aromatic ring is 1. The molecule has 0 saturated heterocycles. The van der Waals surface area contributed by atoms with Crippen LogP contribution in [-0.4, -0.2) is 43.1 Å². The van der Waals surface area contributed by atoms with E-state index in [4.69, 9.17) is 5.73 Å². The van der Waals surface area contributed by atoms with Gasteiger partial charge in [-0.2, -0.15) is 0 Å². The van der Waals surface area contributed by atoms with E-state index < -0.39 is 6.10 Å². The number of nitrogens with zero attached hydrogens (tertiary/aromatic N) is 1. The second kappa shape index (κ2) is 6.98. The first-order chi connectivity index (χ1) is 8.54. The van der Waals surface area contributed by atoms with Crippen molar-refractivity contribution in [3.05, 3.63) is 29.8 Å². The molecule has 5 nitrogen and oxygen atoms in total. The van der Waals surface area contributed by atoms with Gasteiger partial charge in [-0.25, -0.2) is 0 Å². The van der Waals surface area contributed by atoms with Crippen LogP contribution >= 0.6 is 0 Å². The molecular formula is C13H21N3O2. The second-order valence-corrected chi connectivity index (χ2v) is 4.33. The lowest BCUT2D eigenvalue weighted by molar-refractivity contribution is -0.120. The molecule has 0 saturated carbocycles. The number of hydrogen-bond acceptors (Lipinski definition) is 4. The summed E-state index contributed by atoms with van der Waals surface area (Å²) in [6.07, 6.45) is -0.217. The van der Waals surface area contributed by atoms with Crippen LogP contribution in [0.3, 0.4) is 0 Å². The SMILES string of the molecule is CNC(=O)CCN(C)CC(O)c1ccccc1N. The third-order valence-electron chi connectivity index (χ3n) is 2.84. The van der Waals surface area contributed by atoms with Crippen LogP contribution in [0.25, 0.3) is 0 Å². The standard InChI is InChI=1S/C13H21N3O2/c1-15-13(18)7-8-16(2)9-12(17)10-5-3-4-6-11(10)14/h3-6,12,17H,7-9,14H2,1-2H3,(H,15,18). The highest BCUT2D eigenvalue weighted by Crippen LogP contribution is 2.20. The molecular weight excluding hydrogens is 230 g/mol. The van der Waals surface area contributed by atoms with Crippen molar-refractivity contribution in [3.63, 3.8) is 0 Å². The predicted molar refractivity (Wildman–Crippen MR) is 72.0 cm³/mol. The van der Waals surface area contributed by atoms with Crippen LogP contribution in [0.2, 0.25) is 0 Å². The smallest absolute Gasteiger partial charge is 0.221 e. The molecule has 0 radical (unpaired) electrons. The van der Waals surface area contributed by atoms with Gasteiger partial charge in [0.2, 0.25) is 5.91 Å². The summed E-state index contributed by atoms with van der Waals surface area (Å²) in [7, 11) is 3.48. The maximum atomic E-state index is 11.1. The van der Waals surface area contributed by atoms with E-state index in [0.29, 0.717) is 25.2 Å². The molecule has 100 valence electrons. The Morgan fingerprint density at radius 2 is 2.17 bits per heavy atom. The van der Waals surface area contributed by atoms with E-state index in [0.717, 1.165) is 5.56 Å². The molecule has 0 aliphatic carbocycles. The van der Waals surface area contributed by atoms with E-state index in [2.05, 4.69) is 5.32 Å². The molecule has 1 unspecified atom stereocenters. The lowest BCUT2D eigenvalue weighted by Crippen LogP contribution is -2.29. The third-order valence-corrected chi connectivity index (χ3v) is 2.84. The first kappa shape index (κ1) is 14.5. The lowest BCUT2D eigenvalue weighted by atomic mass is 10.1. The summed E-state index contributed by atoms with van der Waals surface area (Å²) in [6, 6.07) is 7.26. The van der Waals surface area contributed by atoms with Gasteiger partial charge in [0.1, 0.15) is 0 Å². The van der Waals surface area contributed by atoms with Gasteiger partial charge in [0.25, 0.3) is 0 Å². The van der Waals surface area contributed by atoms with Gasteiger partial charge < -0.3 is 21.1 Å². The highest BCUT2D eigenvalue weighted by Gasteiger charge is 2.13. The van der Waals surface area contributed by atoms with Gasteiger partial charge in [0.05, 0.1) is 6.10 Å². The van der Waals surface area contributed by atoms with Crippen molar-refractivity contribution in [2.24, 2.45) is 0 Å². The van der Waals surface area contributed by atoms with Crippen molar-refractivity contribution >= 4 is 11.6 Å². The fourth-order valence-corrected chi connectivity index (χ4v) is 1.72. The Bertz CT molecular complexity index is 396. The molecule has 0 bridgehead atoms. The number of nitrogens with two attached hydrogens (primary N) is 1. The molecule has 0 aliphatic rings. The average Bonchev–Trinajstić information content (AvgIpc) is 2.36. The van der Waals surface area contributed by atoms with E-state index >= 15 is 0 Å². The van der Waals surface area contributed by atoms with E-state index in [-0.39, 0.29) is 5.91 Å². The number of carbonyl (C=O) groups is 1. The minimum atomic E-state index is -0.638. The molecule has 0 aliphatic heterocycles. The van der Waals surface area contributed by atoms with Gasteiger partial charge in [-0.15, -0.1) is 0 Å². The van der Waals surface area contributed by atoms with Crippen LogP contribution in [0, 0.1) is 0 Å². The summed E-state index contributed by atoms with van der Waals surface area (Å²) < 4.78 is 0. The van der Waals surface area contributed by atoms with E-state index in [1.165, 1.54) is 0 Å². The summed E-state index contributed by atoms with van der Waals surface area (Å²) in [5, 5.41) is 12.6. The largest absolute Gasteiger partial charge is 0.398 e. The summed E-state index contributed by atoms with van der Waals surface area (Å²) in [5.41, 5.74) is 7.11. The topological polar surface area (TPSA) is 78.6 Å². The number of aliphatic hydroxyl groups is 1. The van der Waals surface area contributed by atoms with Crippen molar-refractivity contribution in [2.75, 3.05) is 32.9 Å². The Balaban J connectivity index is 2.47.